The van der Waals surface area contributed by atoms with E-state index in [2.05, 4.69) is 4.98 Å². The minimum Gasteiger partial charge on any atom is -0.455 e. The second-order valence-electron chi connectivity index (χ2n) is 6.27. The second kappa shape index (κ2) is 8.02. The van der Waals surface area contributed by atoms with Crippen molar-refractivity contribution in [2.24, 2.45) is 0 Å². The maximum Gasteiger partial charge on any atom is 0.348 e. The van der Waals surface area contributed by atoms with Gasteiger partial charge in [0.2, 0.25) is 5.91 Å². The van der Waals surface area contributed by atoms with Crippen LogP contribution in [0.1, 0.15) is 39.0 Å². The first-order valence-corrected chi connectivity index (χ1v) is 10.2. The van der Waals surface area contributed by atoms with Gasteiger partial charge in [-0.1, -0.05) is 17.7 Å². The Kier molecular flexibility index (Phi) is 5.72. The molecule has 0 aliphatic heterocycles. The first-order valence-electron chi connectivity index (χ1n) is 8.40. The number of amides is 1. The highest BCUT2D eigenvalue weighted by Gasteiger charge is 2.20. The molecule has 140 valence electrons. The van der Waals surface area contributed by atoms with Crippen LogP contribution in [0.3, 0.4) is 0 Å². The Labute approximate surface area is 166 Å². The number of benzene rings is 1. The Bertz CT molecular complexity index is 991. The van der Waals surface area contributed by atoms with Crippen LogP contribution in [0, 0.1) is 20.8 Å². The molecule has 5 nitrogen and oxygen atoms in total. The lowest BCUT2D eigenvalue weighted by Gasteiger charge is -2.20. The van der Waals surface area contributed by atoms with E-state index in [9.17, 15) is 9.59 Å². The number of carbonyl (C=O) groups excluding carboxylic acids is 2. The molecule has 0 spiro atoms. The largest absolute Gasteiger partial charge is 0.455 e. The van der Waals surface area contributed by atoms with Gasteiger partial charge in [0.1, 0.15) is 11.5 Å². The standard InChI is InChI=1S/C20H20N2O3S2/c1-12-5-6-17(14(3)9-12)22(15(4)23)20-21-16(11-27-20)10-25-19(24)18-13(2)7-8-26-18/h5-9,11H,10H2,1-4H3. The highest BCUT2D eigenvalue weighted by atomic mass is 32.1. The summed E-state index contributed by atoms with van der Waals surface area (Å²) in [5, 5.41) is 4.23. The number of hydrogen-bond donors (Lipinski definition) is 0. The number of aryl methyl sites for hydroxylation is 3. The molecule has 0 saturated carbocycles. The molecule has 0 radical (unpaired) electrons. The molecule has 2 heterocycles. The fraction of sp³-hybridized carbons (Fsp3) is 0.250. The van der Waals surface area contributed by atoms with Gasteiger partial charge in [-0.05, 0) is 49.4 Å². The van der Waals surface area contributed by atoms with E-state index in [1.165, 1.54) is 29.6 Å². The number of anilines is 2. The molecular weight excluding hydrogens is 380 g/mol. The number of ether oxygens (including phenoxy) is 1. The van der Waals surface area contributed by atoms with Gasteiger partial charge in [-0.2, -0.15) is 0 Å². The van der Waals surface area contributed by atoms with Crippen LogP contribution in [0.4, 0.5) is 10.8 Å². The smallest absolute Gasteiger partial charge is 0.348 e. The van der Waals surface area contributed by atoms with Crippen molar-refractivity contribution in [3.05, 3.63) is 62.3 Å². The van der Waals surface area contributed by atoms with E-state index in [4.69, 9.17) is 4.74 Å². The molecule has 0 bridgehead atoms. The lowest BCUT2D eigenvalue weighted by molar-refractivity contribution is -0.115. The summed E-state index contributed by atoms with van der Waals surface area (Å²) in [5.41, 5.74) is 4.47. The van der Waals surface area contributed by atoms with Crippen molar-refractivity contribution in [2.75, 3.05) is 4.90 Å². The quantitative estimate of drug-likeness (QED) is 0.554. The van der Waals surface area contributed by atoms with E-state index in [-0.39, 0.29) is 18.5 Å². The molecule has 0 unspecified atom stereocenters. The van der Waals surface area contributed by atoms with Gasteiger partial charge in [0.05, 0.1) is 11.4 Å². The molecule has 0 saturated heterocycles. The minimum absolute atomic E-state index is 0.0747. The van der Waals surface area contributed by atoms with E-state index in [1.807, 2.05) is 55.8 Å². The minimum atomic E-state index is -0.352. The normalized spacial score (nSPS) is 10.7. The number of aromatic nitrogens is 1. The van der Waals surface area contributed by atoms with Crippen molar-refractivity contribution in [2.45, 2.75) is 34.3 Å². The molecule has 0 aliphatic rings. The van der Waals surface area contributed by atoms with E-state index >= 15 is 0 Å². The topological polar surface area (TPSA) is 59.5 Å². The van der Waals surface area contributed by atoms with Gasteiger partial charge < -0.3 is 4.74 Å². The third kappa shape index (κ3) is 4.26. The van der Waals surface area contributed by atoms with Crippen LogP contribution in [-0.4, -0.2) is 16.9 Å². The third-order valence-corrected chi connectivity index (χ3v) is 5.91. The Morgan fingerprint density at radius 2 is 1.89 bits per heavy atom. The van der Waals surface area contributed by atoms with Crippen molar-refractivity contribution in [3.8, 4) is 0 Å². The first-order chi connectivity index (χ1) is 12.9. The zero-order valence-electron chi connectivity index (χ0n) is 15.6. The lowest BCUT2D eigenvalue weighted by atomic mass is 10.1. The predicted octanol–water partition coefficient (Wildman–Crippen LogP) is 5.17. The Morgan fingerprint density at radius 3 is 2.52 bits per heavy atom. The number of nitrogens with zero attached hydrogens (tertiary/aromatic N) is 2. The van der Waals surface area contributed by atoms with Crippen molar-refractivity contribution in [1.82, 2.24) is 4.98 Å². The van der Waals surface area contributed by atoms with Crippen LogP contribution in [0.2, 0.25) is 0 Å². The molecule has 0 aliphatic carbocycles. The van der Waals surface area contributed by atoms with Crippen molar-refractivity contribution >= 4 is 45.4 Å². The fourth-order valence-electron chi connectivity index (χ4n) is 2.72. The summed E-state index contributed by atoms with van der Waals surface area (Å²) < 4.78 is 5.36. The number of esters is 1. The second-order valence-corrected chi connectivity index (χ2v) is 8.03. The van der Waals surface area contributed by atoms with Crippen molar-refractivity contribution in [3.63, 3.8) is 0 Å². The molecule has 1 amide bonds. The monoisotopic (exact) mass is 400 g/mol. The SMILES string of the molecule is CC(=O)N(c1nc(COC(=O)c2sccc2C)cs1)c1ccc(C)cc1C. The fourth-order valence-corrected chi connectivity index (χ4v) is 4.40. The molecular formula is C20H20N2O3S2. The number of hydrogen-bond acceptors (Lipinski definition) is 6. The van der Waals surface area contributed by atoms with E-state index < -0.39 is 0 Å². The molecule has 0 N–H and O–H groups in total. The molecule has 27 heavy (non-hydrogen) atoms. The first kappa shape index (κ1) is 19.3. The highest BCUT2D eigenvalue weighted by molar-refractivity contribution is 7.14. The number of thiazole rings is 1. The van der Waals surface area contributed by atoms with Gasteiger partial charge in [-0.25, -0.2) is 9.78 Å². The predicted molar refractivity (Wildman–Crippen MR) is 109 cm³/mol. The molecule has 1 aromatic carbocycles. The molecule has 2 aromatic heterocycles. The van der Waals surface area contributed by atoms with Gasteiger partial charge in [0, 0.05) is 12.3 Å². The average Bonchev–Trinajstić information content (AvgIpc) is 3.24. The summed E-state index contributed by atoms with van der Waals surface area (Å²) in [6.45, 7) is 7.45. The van der Waals surface area contributed by atoms with Gasteiger partial charge in [-0.3, -0.25) is 9.69 Å². The van der Waals surface area contributed by atoms with E-state index in [0.29, 0.717) is 15.7 Å². The highest BCUT2D eigenvalue weighted by Crippen LogP contribution is 2.32. The molecule has 0 fully saturated rings. The van der Waals surface area contributed by atoms with E-state index in [0.717, 1.165) is 22.4 Å². The van der Waals surface area contributed by atoms with Crippen LogP contribution >= 0.6 is 22.7 Å². The zero-order valence-corrected chi connectivity index (χ0v) is 17.2. The Hall–Kier alpha value is -2.51. The Balaban J connectivity index is 1.77. The van der Waals surface area contributed by atoms with Crippen LogP contribution in [0.5, 0.6) is 0 Å². The van der Waals surface area contributed by atoms with Crippen LogP contribution in [0.15, 0.2) is 35.0 Å². The summed E-state index contributed by atoms with van der Waals surface area (Å²) in [5.74, 6) is -0.469. The molecule has 7 heteroatoms. The summed E-state index contributed by atoms with van der Waals surface area (Å²) in [7, 11) is 0. The van der Waals surface area contributed by atoms with Gasteiger partial charge in [0.25, 0.3) is 0 Å². The van der Waals surface area contributed by atoms with Gasteiger partial charge in [-0.15, -0.1) is 22.7 Å². The number of rotatable bonds is 5. The summed E-state index contributed by atoms with van der Waals surface area (Å²) >= 11 is 2.71. The summed E-state index contributed by atoms with van der Waals surface area (Å²) in [6.07, 6.45) is 0. The molecule has 3 aromatic rings. The zero-order chi connectivity index (χ0) is 19.6. The molecule has 3 rings (SSSR count). The number of thiophene rings is 1. The maximum absolute atomic E-state index is 12.3. The third-order valence-electron chi connectivity index (χ3n) is 4.04. The van der Waals surface area contributed by atoms with E-state index in [1.54, 1.807) is 4.90 Å². The molecule has 0 atom stereocenters. The van der Waals surface area contributed by atoms with Crippen LogP contribution in [0.25, 0.3) is 0 Å². The van der Waals surface area contributed by atoms with Crippen LogP contribution in [-0.2, 0) is 16.1 Å². The van der Waals surface area contributed by atoms with Crippen molar-refractivity contribution in [1.29, 1.82) is 0 Å². The summed E-state index contributed by atoms with van der Waals surface area (Å²) in [4.78, 5) is 31.1. The summed E-state index contributed by atoms with van der Waals surface area (Å²) in [6, 6.07) is 7.81. The van der Waals surface area contributed by atoms with Gasteiger partial charge in [0.15, 0.2) is 5.13 Å². The average molecular weight is 401 g/mol. The van der Waals surface area contributed by atoms with Gasteiger partial charge >= 0.3 is 5.97 Å². The van der Waals surface area contributed by atoms with Crippen molar-refractivity contribution < 1.29 is 14.3 Å². The maximum atomic E-state index is 12.3. The lowest BCUT2D eigenvalue weighted by Crippen LogP contribution is -2.23. The number of carbonyl (C=O) groups is 2. The Morgan fingerprint density at radius 1 is 1.11 bits per heavy atom. The van der Waals surface area contributed by atoms with Crippen LogP contribution < -0.4 is 4.90 Å².